The van der Waals surface area contributed by atoms with E-state index in [1.807, 2.05) is 18.2 Å². The average Bonchev–Trinajstić information content (AvgIpc) is 3.15. The van der Waals surface area contributed by atoms with Gasteiger partial charge in [0.1, 0.15) is 12.3 Å². The van der Waals surface area contributed by atoms with Crippen LogP contribution < -0.4 is 9.47 Å². The maximum absolute atomic E-state index is 12.2. The molecule has 0 aliphatic rings. The minimum absolute atomic E-state index is 0.0284. The predicted octanol–water partition coefficient (Wildman–Crippen LogP) is 4.32. The van der Waals surface area contributed by atoms with Gasteiger partial charge in [0.05, 0.1) is 19.8 Å². The van der Waals surface area contributed by atoms with Gasteiger partial charge in [0.15, 0.2) is 17.3 Å². The highest BCUT2D eigenvalue weighted by Crippen LogP contribution is 2.32. The van der Waals surface area contributed by atoms with Gasteiger partial charge < -0.3 is 18.7 Å². The largest absolute Gasteiger partial charge is 0.493 e. The monoisotopic (exact) mass is 465 g/mol. The zero-order valence-corrected chi connectivity index (χ0v) is 16.3. The van der Waals surface area contributed by atoms with E-state index in [1.54, 1.807) is 44.6 Å². The van der Waals surface area contributed by atoms with Gasteiger partial charge in [-0.2, -0.15) is 0 Å². The quantitative estimate of drug-likeness (QED) is 0.399. The van der Waals surface area contributed by atoms with Gasteiger partial charge in [-0.15, -0.1) is 0 Å². The molecule has 0 aliphatic heterocycles. The van der Waals surface area contributed by atoms with Crippen LogP contribution in [0.4, 0.5) is 0 Å². The Morgan fingerprint density at radius 1 is 1.08 bits per heavy atom. The lowest BCUT2D eigenvalue weighted by molar-refractivity contribution is 0.0463. The number of esters is 1. The number of hydrogen-bond donors (Lipinski definition) is 0. The minimum Gasteiger partial charge on any atom is -0.493 e. The van der Waals surface area contributed by atoms with Crippen molar-refractivity contribution in [3.05, 3.63) is 63.4 Å². The van der Waals surface area contributed by atoms with Crippen LogP contribution in [-0.2, 0) is 11.3 Å². The molecule has 0 fully saturated rings. The van der Waals surface area contributed by atoms with Crippen molar-refractivity contribution in [2.24, 2.45) is 0 Å². The molecular weight excluding hydrogens is 449 g/mol. The van der Waals surface area contributed by atoms with Crippen molar-refractivity contribution in [1.29, 1.82) is 0 Å². The van der Waals surface area contributed by atoms with E-state index in [0.29, 0.717) is 28.5 Å². The first-order valence-corrected chi connectivity index (χ1v) is 8.80. The number of rotatable bonds is 6. The van der Waals surface area contributed by atoms with E-state index in [2.05, 4.69) is 27.7 Å². The Bertz CT molecular complexity index is 922. The fraction of sp³-hybridized carbons (Fsp3) is 0.158. The second-order valence-electron chi connectivity index (χ2n) is 5.31. The van der Waals surface area contributed by atoms with Crippen LogP contribution in [0, 0.1) is 3.57 Å². The summed E-state index contributed by atoms with van der Waals surface area (Å²) >= 11 is 2.10. The highest BCUT2D eigenvalue weighted by atomic mass is 127. The molecule has 0 unspecified atom stereocenters. The molecule has 2 aromatic carbocycles. The van der Waals surface area contributed by atoms with Gasteiger partial charge in [0, 0.05) is 15.2 Å². The molecule has 3 aromatic rings. The number of nitrogens with zero attached hydrogens (tertiary/aromatic N) is 1. The Hall–Kier alpha value is -2.55. The van der Waals surface area contributed by atoms with Crippen LogP contribution in [0.5, 0.6) is 11.5 Å². The van der Waals surface area contributed by atoms with Crippen molar-refractivity contribution < 1.29 is 23.5 Å². The van der Waals surface area contributed by atoms with E-state index in [-0.39, 0.29) is 6.61 Å². The second kappa shape index (κ2) is 8.22. The van der Waals surface area contributed by atoms with E-state index in [4.69, 9.17) is 18.7 Å². The maximum atomic E-state index is 12.2. The molecule has 0 saturated carbocycles. The molecule has 0 bridgehead atoms. The Kier molecular flexibility index (Phi) is 5.77. The molecule has 0 amide bonds. The fourth-order valence-electron chi connectivity index (χ4n) is 2.35. The standard InChI is InChI=1S/C19H16INO5/c1-23-16-8-7-12(9-18(16)24-2)17-10-13(21-26-17)11-25-19(22)14-5-3-4-6-15(14)20/h3-10H,11H2,1-2H3. The molecule has 0 atom stereocenters. The van der Waals surface area contributed by atoms with Crippen LogP contribution in [0.15, 0.2) is 53.1 Å². The van der Waals surface area contributed by atoms with Crippen molar-refractivity contribution in [2.45, 2.75) is 6.61 Å². The summed E-state index contributed by atoms with van der Waals surface area (Å²) in [6, 6.07) is 14.4. The Morgan fingerprint density at radius 2 is 1.85 bits per heavy atom. The summed E-state index contributed by atoms with van der Waals surface area (Å²) < 4.78 is 22.0. The maximum Gasteiger partial charge on any atom is 0.339 e. The van der Waals surface area contributed by atoms with Crippen LogP contribution in [0.1, 0.15) is 16.1 Å². The number of hydrogen-bond acceptors (Lipinski definition) is 6. The highest BCUT2D eigenvalue weighted by molar-refractivity contribution is 14.1. The summed E-state index contributed by atoms with van der Waals surface area (Å²) in [5.74, 6) is 1.37. The molecule has 134 valence electrons. The molecule has 0 aliphatic carbocycles. The van der Waals surface area contributed by atoms with E-state index in [9.17, 15) is 4.79 Å². The van der Waals surface area contributed by atoms with Gasteiger partial charge in [-0.1, -0.05) is 17.3 Å². The van der Waals surface area contributed by atoms with E-state index < -0.39 is 5.97 Å². The number of ether oxygens (including phenoxy) is 3. The van der Waals surface area contributed by atoms with E-state index in [0.717, 1.165) is 9.13 Å². The summed E-state index contributed by atoms with van der Waals surface area (Å²) in [4.78, 5) is 12.2. The zero-order valence-electron chi connectivity index (χ0n) is 14.2. The van der Waals surface area contributed by atoms with Crippen molar-refractivity contribution in [3.63, 3.8) is 0 Å². The Labute approximate surface area is 164 Å². The number of benzene rings is 2. The van der Waals surface area contributed by atoms with Gasteiger partial charge in [0.25, 0.3) is 0 Å². The molecule has 6 nitrogen and oxygen atoms in total. The number of aromatic nitrogens is 1. The molecule has 1 aromatic heterocycles. The van der Waals surface area contributed by atoms with E-state index in [1.165, 1.54) is 0 Å². The number of carbonyl (C=O) groups excluding carboxylic acids is 1. The average molecular weight is 465 g/mol. The smallest absolute Gasteiger partial charge is 0.339 e. The third kappa shape index (κ3) is 3.98. The summed E-state index contributed by atoms with van der Waals surface area (Å²) in [5, 5.41) is 3.95. The molecule has 0 N–H and O–H groups in total. The van der Waals surface area contributed by atoms with Gasteiger partial charge in [0.2, 0.25) is 0 Å². The number of halogens is 1. The molecule has 0 radical (unpaired) electrons. The molecule has 1 heterocycles. The van der Waals surface area contributed by atoms with Crippen LogP contribution in [-0.4, -0.2) is 25.3 Å². The molecule has 0 saturated heterocycles. The van der Waals surface area contributed by atoms with E-state index >= 15 is 0 Å². The normalized spacial score (nSPS) is 10.4. The third-order valence-corrected chi connectivity index (χ3v) is 4.61. The molecule has 3 rings (SSSR count). The topological polar surface area (TPSA) is 70.8 Å². The lowest BCUT2D eigenvalue weighted by Crippen LogP contribution is -2.07. The van der Waals surface area contributed by atoms with Crippen molar-refractivity contribution >= 4 is 28.6 Å². The summed E-state index contributed by atoms with van der Waals surface area (Å²) in [6.45, 7) is 0.0284. The van der Waals surface area contributed by atoms with Crippen molar-refractivity contribution in [1.82, 2.24) is 5.16 Å². The zero-order chi connectivity index (χ0) is 18.5. The van der Waals surface area contributed by atoms with Crippen molar-refractivity contribution in [2.75, 3.05) is 14.2 Å². The lowest BCUT2D eigenvalue weighted by atomic mass is 10.1. The first kappa shape index (κ1) is 18.2. The Morgan fingerprint density at radius 3 is 2.58 bits per heavy atom. The molecule has 0 spiro atoms. The van der Waals surface area contributed by atoms with Crippen molar-refractivity contribution in [3.8, 4) is 22.8 Å². The first-order valence-electron chi connectivity index (χ1n) is 7.72. The summed E-state index contributed by atoms with van der Waals surface area (Å²) in [6.07, 6.45) is 0. The van der Waals surface area contributed by atoms with Gasteiger partial charge in [-0.3, -0.25) is 0 Å². The van der Waals surface area contributed by atoms with Crippen LogP contribution in [0.3, 0.4) is 0 Å². The molecule has 7 heteroatoms. The van der Waals surface area contributed by atoms with Gasteiger partial charge >= 0.3 is 5.97 Å². The fourth-order valence-corrected chi connectivity index (χ4v) is 2.96. The van der Waals surface area contributed by atoms with Crippen LogP contribution in [0.2, 0.25) is 0 Å². The summed E-state index contributed by atoms with van der Waals surface area (Å²) in [5.41, 5.74) is 1.83. The lowest BCUT2D eigenvalue weighted by Gasteiger charge is -2.07. The Balaban J connectivity index is 1.70. The first-order chi connectivity index (χ1) is 12.6. The molecule has 26 heavy (non-hydrogen) atoms. The predicted molar refractivity (Wildman–Crippen MR) is 103 cm³/mol. The van der Waals surface area contributed by atoms with Crippen LogP contribution >= 0.6 is 22.6 Å². The van der Waals surface area contributed by atoms with Gasteiger partial charge in [-0.25, -0.2) is 4.79 Å². The van der Waals surface area contributed by atoms with Gasteiger partial charge in [-0.05, 0) is 52.9 Å². The number of methoxy groups -OCH3 is 2. The minimum atomic E-state index is -0.398. The SMILES string of the molecule is COc1ccc(-c2cc(COC(=O)c3ccccc3I)no2)cc1OC. The summed E-state index contributed by atoms with van der Waals surface area (Å²) in [7, 11) is 3.14. The number of carbonyl (C=O) groups is 1. The highest BCUT2D eigenvalue weighted by Gasteiger charge is 2.14. The molecular formula is C19H16INO5. The second-order valence-corrected chi connectivity index (χ2v) is 6.47. The van der Waals surface area contributed by atoms with Crippen LogP contribution in [0.25, 0.3) is 11.3 Å². The third-order valence-electron chi connectivity index (χ3n) is 3.67.